The van der Waals surface area contributed by atoms with E-state index in [4.69, 9.17) is 5.84 Å². The van der Waals surface area contributed by atoms with Crippen molar-refractivity contribution in [3.63, 3.8) is 0 Å². The minimum absolute atomic E-state index is 0.135. The normalized spacial score (nSPS) is 13.5. The van der Waals surface area contributed by atoms with E-state index in [1.807, 2.05) is 13.0 Å². The Balaban J connectivity index is 2.68. The van der Waals surface area contributed by atoms with Gasteiger partial charge in [0.2, 0.25) is 0 Å². The van der Waals surface area contributed by atoms with Gasteiger partial charge in [0.25, 0.3) is 0 Å². The minimum Gasteiger partial charge on any atom is -0.271 e. The third-order valence-corrected chi connectivity index (χ3v) is 4.85. The smallest absolute Gasteiger partial charge is 0.150 e. The number of halogens is 1. The number of hydrogen-bond acceptors (Lipinski definition) is 4. The molecule has 1 aromatic carbocycles. The molecule has 6 heteroatoms. The zero-order valence-electron chi connectivity index (χ0n) is 11.3. The second kappa shape index (κ2) is 6.98. The molecule has 0 heterocycles. The van der Waals surface area contributed by atoms with Crippen LogP contribution >= 0.6 is 0 Å². The number of nitrogens with one attached hydrogen (secondary N) is 1. The van der Waals surface area contributed by atoms with Crippen LogP contribution in [0.5, 0.6) is 0 Å². The summed E-state index contributed by atoms with van der Waals surface area (Å²) >= 11 is 0. The van der Waals surface area contributed by atoms with E-state index < -0.39 is 9.84 Å². The third-order valence-electron chi connectivity index (χ3n) is 3.06. The van der Waals surface area contributed by atoms with E-state index in [1.54, 1.807) is 6.92 Å². The molecule has 19 heavy (non-hydrogen) atoms. The molecular formula is C13H21FN2O2S. The summed E-state index contributed by atoms with van der Waals surface area (Å²) in [6, 6.07) is 4.48. The van der Waals surface area contributed by atoms with Crippen molar-refractivity contribution in [3.8, 4) is 0 Å². The van der Waals surface area contributed by atoms with Gasteiger partial charge in [-0.1, -0.05) is 13.0 Å². The Morgan fingerprint density at radius 2 is 2.05 bits per heavy atom. The molecule has 0 spiro atoms. The molecule has 1 atom stereocenters. The van der Waals surface area contributed by atoms with Crippen molar-refractivity contribution in [2.75, 3.05) is 11.5 Å². The first-order valence-electron chi connectivity index (χ1n) is 6.31. The topological polar surface area (TPSA) is 72.2 Å². The van der Waals surface area contributed by atoms with E-state index in [0.29, 0.717) is 12.8 Å². The Bertz CT molecular complexity index is 497. The van der Waals surface area contributed by atoms with E-state index in [1.165, 1.54) is 12.1 Å². The molecular weight excluding hydrogens is 267 g/mol. The van der Waals surface area contributed by atoms with Crippen LogP contribution in [0.2, 0.25) is 0 Å². The number of sulfone groups is 1. The van der Waals surface area contributed by atoms with Gasteiger partial charge in [0, 0.05) is 11.8 Å². The first kappa shape index (κ1) is 16.1. The molecule has 0 saturated carbocycles. The third kappa shape index (κ3) is 5.26. The van der Waals surface area contributed by atoms with Crippen molar-refractivity contribution in [2.24, 2.45) is 5.84 Å². The van der Waals surface area contributed by atoms with Crippen molar-refractivity contribution in [3.05, 3.63) is 35.1 Å². The second-order valence-corrected chi connectivity index (χ2v) is 7.13. The van der Waals surface area contributed by atoms with Crippen molar-refractivity contribution in [1.82, 2.24) is 5.43 Å². The molecule has 0 aromatic heterocycles. The highest BCUT2D eigenvalue weighted by molar-refractivity contribution is 7.91. The highest BCUT2D eigenvalue weighted by atomic mass is 32.2. The summed E-state index contributed by atoms with van der Waals surface area (Å²) in [5.41, 5.74) is 4.18. The first-order chi connectivity index (χ1) is 8.88. The van der Waals surface area contributed by atoms with Crippen LogP contribution in [0.1, 0.15) is 36.9 Å². The summed E-state index contributed by atoms with van der Waals surface area (Å²) in [5.74, 6) is 5.44. The van der Waals surface area contributed by atoms with Gasteiger partial charge in [-0.15, -0.1) is 0 Å². The Kier molecular flexibility index (Phi) is 5.90. The molecule has 1 unspecified atom stereocenters. The lowest BCUT2D eigenvalue weighted by Crippen LogP contribution is -2.28. The Hall–Kier alpha value is -0.980. The lowest BCUT2D eigenvalue weighted by molar-refractivity contribution is 0.503. The van der Waals surface area contributed by atoms with Gasteiger partial charge in [0.1, 0.15) is 15.7 Å². The van der Waals surface area contributed by atoms with Gasteiger partial charge >= 0.3 is 0 Å². The van der Waals surface area contributed by atoms with Crippen molar-refractivity contribution in [2.45, 2.75) is 32.7 Å². The van der Waals surface area contributed by atoms with E-state index in [2.05, 4.69) is 5.43 Å². The van der Waals surface area contributed by atoms with Crippen molar-refractivity contribution < 1.29 is 12.8 Å². The fraction of sp³-hybridized carbons (Fsp3) is 0.538. The maximum absolute atomic E-state index is 13.3. The van der Waals surface area contributed by atoms with Gasteiger partial charge in [-0.2, -0.15) is 0 Å². The van der Waals surface area contributed by atoms with Crippen LogP contribution < -0.4 is 11.3 Å². The number of benzene rings is 1. The van der Waals surface area contributed by atoms with Gasteiger partial charge in [-0.3, -0.25) is 11.3 Å². The Morgan fingerprint density at radius 3 is 2.58 bits per heavy atom. The van der Waals surface area contributed by atoms with Crippen molar-refractivity contribution in [1.29, 1.82) is 0 Å². The van der Waals surface area contributed by atoms with Crippen molar-refractivity contribution >= 4 is 9.84 Å². The zero-order chi connectivity index (χ0) is 14.5. The zero-order valence-corrected chi connectivity index (χ0v) is 12.1. The predicted octanol–water partition coefficient (Wildman–Crippen LogP) is 1.85. The fourth-order valence-electron chi connectivity index (χ4n) is 1.96. The summed E-state index contributed by atoms with van der Waals surface area (Å²) in [6.45, 7) is 3.44. The maximum atomic E-state index is 13.3. The van der Waals surface area contributed by atoms with Crippen LogP contribution in [0, 0.1) is 12.7 Å². The molecule has 0 aliphatic rings. The molecule has 108 valence electrons. The summed E-state index contributed by atoms with van der Waals surface area (Å²) in [4.78, 5) is 0. The minimum atomic E-state index is -2.96. The molecule has 0 saturated heterocycles. The first-order valence-corrected chi connectivity index (χ1v) is 8.13. The van der Waals surface area contributed by atoms with Crippen LogP contribution in [0.3, 0.4) is 0 Å². The molecule has 0 aliphatic heterocycles. The van der Waals surface area contributed by atoms with E-state index >= 15 is 0 Å². The SMILES string of the molecule is CCS(=O)(=O)CCCC(NN)c1cc(C)cc(F)c1. The van der Waals surface area contributed by atoms with Crippen LogP contribution in [-0.4, -0.2) is 19.9 Å². The molecule has 0 bridgehead atoms. The summed E-state index contributed by atoms with van der Waals surface area (Å²) in [5, 5.41) is 0. The Morgan fingerprint density at radius 1 is 1.37 bits per heavy atom. The Labute approximate surface area is 114 Å². The maximum Gasteiger partial charge on any atom is 0.150 e. The molecule has 1 rings (SSSR count). The fourth-order valence-corrected chi connectivity index (χ4v) is 2.86. The lowest BCUT2D eigenvalue weighted by Gasteiger charge is -2.17. The monoisotopic (exact) mass is 288 g/mol. The average molecular weight is 288 g/mol. The molecule has 1 aromatic rings. The van der Waals surface area contributed by atoms with E-state index in [-0.39, 0.29) is 23.4 Å². The molecule has 0 aliphatic carbocycles. The predicted molar refractivity (Wildman–Crippen MR) is 74.8 cm³/mol. The average Bonchev–Trinajstić information content (AvgIpc) is 2.33. The number of hydrazine groups is 1. The van der Waals surface area contributed by atoms with E-state index in [0.717, 1.165) is 11.1 Å². The highest BCUT2D eigenvalue weighted by Gasteiger charge is 2.13. The molecule has 3 N–H and O–H groups in total. The quantitative estimate of drug-likeness (QED) is 0.593. The van der Waals surface area contributed by atoms with Gasteiger partial charge < -0.3 is 0 Å². The van der Waals surface area contributed by atoms with E-state index in [9.17, 15) is 12.8 Å². The van der Waals surface area contributed by atoms with Gasteiger partial charge in [0.15, 0.2) is 0 Å². The molecule has 0 radical (unpaired) electrons. The largest absolute Gasteiger partial charge is 0.271 e. The van der Waals surface area contributed by atoms with Crippen LogP contribution in [0.25, 0.3) is 0 Å². The lowest BCUT2D eigenvalue weighted by atomic mass is 10.0. The number of rotatable bonds is 7. The number of hydrogen-bond donors (Lipinski definition) is 2. The summed E-state index contributed by atoms with van der Waals surface area (Å²) < 4.78 is 36.1. The summed E-state index contributed by atoms with van der Waals surface area (Å²) in [6.07, 6.45) is 1.05. The number of aryl methyl sites for hydroxylation is 1. The molecule has 4 nitrogen and oxygen atoms in total. The highest BCUT2D eigenvalue weighted by Crippen LogP contribution is 2.20. The van der Waals surface area contributed by atoms with Gasteiger partial charge in [-0.25, -0.2) is 12.8 Å². The van der Waals surface area contributed by atoms with Crippen LogP contribution in [-0.2, 0) is 9.84 Å². The molecule has 0 amide bonds. The summed E-state index contributed by atoms with van der Waals surface area (Å²) in [7, 11) is -2.96. The van der Waals surface area contributed by atoms with Gasteiger partial charge in [0.05, 0.1) is 5.75 Å². The van der Waals surface area contributed by atoms with Crippen LogP contribution in [0.15, 0.2) is 18.2 Å². The second-order valence-electron chi connectivity index (χ2n) is 4.66. The standard InChI is InChI=1S/C13H21FN2O2S/c1-3-19(17,18)6-4-5-13(16-15)11-7-10(2)8-12(14)9-11/h7-9,13,16H,3-6,15H2,1-2H3. The van der Waals surface area contributed by atoms with Crippen LogP contribution in [0.4, 0.5) is 4.39 Å². The molecule has 0 fully saturated rings. The number of nitrogens with two attached hydrogens (primary N) is 1. The van der Waals surface area contributed by atoms with Gasteiger partial charge in [-0.05, 0) is 43.0 Å².